The Morgan fingerprint density at radius 1 is 1.20 bits per heavy atom. The average Bonchev–Trinajstić information content (AvgIpc) is 2.65. The lowest BCUT2D eigenvalue weighted by Gasteiger charge is -2.24. The van der Waals surface area contributed by atoms with Crippen LogP contribution in [0.1, 0.15) is 18.4 Å². The minimum atomic E-state index is -2.58. The van der Waals surface area contributed by atoms with E-state index in [1.165, 1.54) is 5.56 Å². The van der Waals surface area contributed by atoms with E-state index in [2.05, 4.69) is 28.9 Å². The van der Waals surface area contributed by atoms with Gasteiger partial charge in [-0.2, -0.15) is 0 Å². The topological polar surface area (TPSA) is 60.0 Å². The summed E-state index contributed by atoms with van der Waals surface area (Å²) in [7, 11) is 2.15. The zero-order valence-corrected chi connectivity index (χ0v) is 16.5. The lowest BCUT2D eigenvalue weighted by molar-refractivity contribution is -0.121. The van der Waals surface area contributed by atoms with Gasteiger partial charge in [0.25, 0.3) is 0 Å². The molecule has 0 aliphatic carbocycles. The highest BCUT2D eigenvalue weighted by atomic mass is 28.4. The zero-order chi connectivity index (χ0) is 18.5. The predicted octanol–water partition coefficient (Wildman–Crippen LogP) is 2.41. The van der Waals surface area contributed by atoms with Gasteiger partial charge in [0.15, 0.2) is 0 Å². The third kappa shape index (κ3) is 7.83. The second-order valence-electron chi connectivity index (χ2n) is 5.64. The van der Waals surface area contributed by atoms with Gasteiger partial charge in [0.2, 0.25) is 5.91 Å². The van der Waals surface area contributed by atoms with Gasteiger partial charge in [-0.05, 0) is 18.2 Å². The molecule has 0 radical (unpaired) electrons. The summed E-state index contributed by atoms with van der Waals surface area (Å²) in [4.78, 5) is 14.0. The maximum Gasteiger partial charge on any atom is 0.500 e. The molecule has 0 fully saturated rings. The fraction of sp³-hybridized carbons (Fsp3) is 0.500. The Morgan fingerprint density at radius 3 is 2.40 bits per heavy atom. The molecule has 0 heterocycles. The quantitative estimate of drug-likeness (QED) is 0.543. The van der Waals surface area contributed by atoms with Gasteiger partial charge in [0.1, 0.15) is 0 Å². The van der Waals surface area contributed by atoms with Crippen LogP contribution in [0.3, 0.4) is 0 Å². The Balaban J connectivity index is 2.25. The molecule has 1 N–H and O–H groups in total. The molecule has 0 atom stereocenters. The highest BCUT2D eigenvalue weighted by molar-refractivity contribution is 6.60. The SMILES string of the molecule is C=CN(CCNC(=O)CCC[Si](OC)(OC)OC)Cc1ccccc1. The van der Waals surface area contributed by atoms with E-state index in [4.69, 9.17) is 13.3 Å². The highest BCUT2D eigenvalue weighted by Gasteiger charge is 2.37. The largest absolute Gasteiger partial charge is 0.500 e. The molecule has 0 aliphatic heterocycles. The fourth-order valence-corrected chi connectivity index (χ4v) is 4.22. The number of carbonyl (C=O) groups is 1. The molecule has 0 spiro atoms. The molecule has 0 bridgehead atoms. The van der Waals surface area contributed by atoms with Crippen molar-refractivity contribution in [3.05, 3.63) is 48.7 Å². The van der Waals surface area contributed by atoms with Gasteiger partial charge in [-0.3, -0.25) is 4.79 Å². The van der Waals surface area contributed by atoms with Gasteiger partial charge in [-0.15, -0.1) is 0 Å². The maximum absolute atomic E-state index is 12.0. The third-order valence-corrected chi connectivity index (χ3v) is 6.86. The normalized spacial score (nSPS) is 11.2. The second kappa shape index (κ2) is 11.8. The van der Waals surface area contributed by atoms with Crippen LogP contribution in [0.5, 0.6) is 0 Å². The summed E-state index contributed by atoms with van der Waals surface area (Å²) in [6.07, 6.45) is 2.90. The van der Waals surface area contributed by atoms with E-state index in [1.807, 2.05) is 18.2 Å². The first-order valence-electron chi connectivity index (χ1n) is 8.42. The van der Waals surface area contributed by atoms with Crippen LogP contribution >= 0.6 is 0 Å². The summed E-state index contributed by atoms with van der Waals surface area (Å²) in [5, 5.41) is 2.94. The molecule has 1 amide bonds. The number of amides is 1. The smallest absolute Gasteiger partial charge is 0.377 e. The number of carbonyl (C=O) groups excluding carboxylic acids is 1. The number of nitrogens with one attached hydrogen (secondary N) is 1. The van der Waals surface area contributed by atoms with Crippen LogP contribution in [0, 0.1) is 0 Å². The first kappa shape index (κ1) is 21.4. The van der Waals surface area contributed by atoms with E-state index in [1.54, 1.807) is 27.5 Å². The molecule has 1 rings (SSSR count). The van der Waals surface area contributed by atoms with Gasteiger partial charge in [0.05, 0.1) is 0 Å². The summed E-state index contributed by atoms with van der Waals surface area (Å²) in [5.41, 5.74) is 1.22. The van der Waals surface area contributed by atoms with E-state index < -0.39 is 8.80 Å². The van der Waals surface area contributed by atoms with E-state index in [9.17, 15) is 4.79 Å². The monoisotopic (exact) mass is 366 g/mol. The second-order valence-corrected chi connectivity index (χ2v) is 8.73. The van der Waals surface area contributed by atoms with Crippen molar-refractivity contribution >= 4 is 14.7 Å². The molecule has 0 saturated heterocycles. The third-order valence-electron chi connectivity index (χ3n) is 4.03. The Morgan fingerprint density at radius 2 is 1.84 bits per heavy atom. The number of rotatable bonds is 13. The van der Waals surface area contributed by atoms with E-state index in [0.29, 0.717) is 25.4 Å². The Kier molecular flexibility index (Phi) is 10.1. The molecule has 0 unspecified atom stereocenters. The molecule has 6 nitrogen and oxygen atoms in total. The summed E-state index contributed by atoms with van der Waals surface area (Å²) < 4.78 is 16.0. The Hall–Kier alpha value is -1.67. The lowest BCUT2D eigenvalue weighted by atomic mass is 10.2. The van der Waals surface area contributed by atoms with Crippen LogP contribution in [0.4, 0.5) is 0 Å². The van der Waals surface area contributed by atoms with Crippen molar-refractivity contribution in [3.63, 3.8) is 0 Å². The van der Waals surface area contributed by atoms with E-state index in [-0.39, 0.29) is 5.91 Å². The van der Waals surface area contributed by atoms with E-state index in [0.717, 1.165) is 13.1 Å². The molecule has 1 aromatic rings. The standard InChI is InChI=1S/C18H30N2O4Si/c1-5-20(16-17-10-7-6-8-11-17)14-13-19-18(21)12-9-15-25(22-2,23-3)24-4/h5-8,10-11H,1,9,12-16H2,2-4H3,(H,19,21). The van der Waals surface area contributed by atoms with Crippen LogP contribution in [-0.4, -0.2) is 54.0 Å². The van der Waals surface area contributed by atoms with Crippen molar-refractivity contribution in [2.45, 2.75) is 25.4 Å². The van der Waals surface area contributed by atoms with E-state index >= 15 is 0 Å². The van der Waals surface area contributed by atoms with Crippen LogP contribution in [-0.2, 0) is 24.6 Å². The first-order chi connectivity index (χ1) is 12.1. The van der Waals surface area contributed by atoms with Crippen molar-refractivity contribution in [1.82, 2.24) is 10.2 Å². The van der Waals surface area contributed by atoms with Gasteiger partial charge >= 0.3 is 8.80 Å². The van der Waals surface area contributed by atoms with Crippen molar-refractivity contribution in [3.8, 4) is 0 Å². The van der Waals surface area contributed by atoms with Crippen molar-refractivity contribution in [2.24, 2.45) is 0 Å². The minimum Gasteiger partial charge on any atom is -0.377 e. The molecule has 25 heavy (non-hydrogen) atoms. The number of benzene rings is 1. The Bertz CT molecular complexity index is 501. The maximum atomic E-state index is 12.0. The number of hydrogen-bond acceptors (Lipinski definition) is 5. The highest BCUT2D eigenvalue weighted by Crippen LogP contribution is 2.16. The minimum absolute atomic E-state index is 0.0231. The molecule has 7 heteroatoms. The molecule has 0 aromatic heterocycles. The van der Waals surface area contributed by atoms with Gasteiger partial charge < -0.3 is 23.5 Å². The average molecular weight is 367 g/mol. The molecule has 0 saturated carbocycles. The summed E-state index contributed by atoms with van der Waals surface area (Å²) in [6.45, 7) is 5.92. The number of hydrogen-bond donors (Lipinski definition) is 1. The van der Waals surface area contributed by atoms with Crippen LogP contribution in [0.15, 0.2) is 43.1 Å². The van der Waals surface area contributed by atoms with Crippen LogP contribution in [0.2, 0.25) is 6.04 Å². The van der Waals surface area contributed by atoms with Crippen molar-refractivity contribution in [1.29, 1.82) is 0 Å². The van der Waals surface area contributed by atoms with Crippen LogP contribution in [0.25, 0.3) is 0 Å². The molecule has 0 aliphatic rings. The summed E-state index contributed by atoms with van der Waals surface area (Å²) in [5.74, 6) is 0.0231. The van der Waals surface area contributed by atoms with Crippen molar-refractivity contribution in [2.75, 3.05) is 34.4 Å². The predicted molar refractivity (Wildman–Crippen MR) is 101 cm³/mol. The Labute approximate surface area is 152 Å². The number of nitrogens with zero attached hydrogens (tertiary/aromatic N) is 1. The molecular weight excluding hydrogens is 336 g/mol. The molecule has 140 valence electrons. The van der Waals surface area contributed by atoms with Crippen molar-refractivity contribution < 1.29 is 18.1 Å². The summed E-state index contributed by atoms with van der Waals surface area (Å²) >= 11 is 0. The zero-order valence-electron chi connectivity index (χ0n) is 15.5. The lowest BCUT2D eigenvalue weighted by Crippen LogP contribution is -2.42. The first-order valence-corrected chi connectivity index (χ1v) is 10.3. The van der Waals surface area contributed by atoms with Gasteiger partial charge in [-0.25, -0.2) is 0 Å². The molecular formula is C18H30N2O4Si. The summed E-state index contributed by atoms with van der Waals surface area (Å²) in [6, 6.07) is 10.8. The molecule has 1 aromatic carbocycles. The van der Waals surface area contributed by atoms with Gasteiger partial charge in [0, 0.05) is 53.4 Å². The van der Waals surface area contributed by atoms with Gasteiger partial charge in [-0.1, -0.05) is 36.9 Å². The fourth-order valence-electron chi connectivity index (χ4n) is 2.50. The van der Waals surface area contributed by atoms with Crippen LogP contribution < -0.4 is 5.32 Å².